The highest BCUT2D eigenvalue weighted by molar-refractivity contribution is 7.80. The van der Waals surface area contributed by atoms with Crippen LogP contribution in [0, 0.1) is 0 Å². The third-order valence-corrected chi connectivity index (χ3v) is 2.47. The van der Waals surface area contributed by atoms with Gasteiger partial charge >= 0.3 is 0 Å². The molecule has 5 heteroatoms. The highest BCUT2D eigenvalue weighted by Gasteiger charge is 2.14. The molecule has 0 saturated carbocycles. The monoisotopic (exact) mass is 267 g/mol. The van der Waals surface area contributed by atoms with Gasteiger partial charge in [-0.2, -0.15) is 0 Å². The van der Waals surface area contributed by atoms with E-state index in [4.69, 9.17) is 12.2 Å². The summed E-state index contributed by atoms with van der Waals surface area (Å²) >= 11 is 5.21. The van der Waals surface area contributed by atoms with Gasteiger partial charge < -0.3 is 15.7 Å². The van der Waals surface area contributed by atoms with E-state index < -0.39 is 0 Å². The Hall–Kier alpha value is -1.20. The molecule has 0 amide bonds. The second-order valence-electron chi connectivity index (χ2n) is 5.29. The summed E-state index contributed by atoms with van der Waals surface area (Å²) in [6, 6.07) is 3.77. The number of aromatic nitrogens is 1. The van der Waals surface area contributed by atoms with E-state index in [1.807, 2.05) is 32.9 Å². The van der Waals surface area contributed by atoms with Crippen molar-refractivity contribution in [2.45, 2.75) is 38.8 Å². The van der Waals surface area contributed by atoms with Gasteiger partial charge in [0, 0.05) is 17.9 Å². The molecule has 3 N–H and O–H groups in total. The molecule has 4 nitrogen and oxygen atoms in total. The van der Waals surface area contributed by atoms with Gasteiger partial charge in [-0.15, -0.1) is 0 Å². The van der Waals surface area contributed by atoms with Gasteiger partial charge in [0.2, 0.25) is 0 Å². The third-order valence-electron chi connectivity index (χ3n) is 2.25. The van der Waals surface area contributed by atoms with Crippen molar-refractivity contribution in [3.63, 3.8) is 0 Å². The second kappa shape index (κ2) is 6.66. The summed E-state index contributed by atoms with van der Waals surface area (Å²) < 4.78 is 0. The van der Waals surface area contributed by atoms with Crippen LogP contribution in [-0.2, 0) is 6.42 Å². The van der Waals surface area contributed by atoms with Crippen LogP contribution in [0.3, 0.4) is 0 Å². The fourth-order valence-corrected chi connectivity index (χ4v) is 2.00. The molecule has 1 heterocycles. The van der Waals surface area contributed by atoms with Crippen LogP contribution in [0.5, 0.6) is 0 Å². The van der Waals surface area contributed by atoms with E-state index in [2.05, 4.69) is 15.6 Å². The lowest BCUT2D eigenvalue weighted by molar-refractivity contribution is 0.254. The van der Waals surface area contributed by atoms with Gasteiger partial charge in [0.1, 0.15) is 0 Å². The first-order valence-corrected chi connectivity index (χ1v) is 6.40. The minimum Gasteiger partial charge on any atom is -0.394 e. The molecule has 0 fully saturated rings. The van der Waals surface area contributed by atoms with Gasteiger partial charge in [-0.25, -0.2) is 0 Å². The lowest BCUT2D eigenvalue weighted by atomic mass is 10.1. The minimum atomic E-state index is -0.100. The Kier molecular flexibility index (Phi) is 5.50. The normalized spacial score (nSPS) is 12.9. The average Bonchev–Trinajstić information content (AvgIpc) is 2.27. The van der Waals surface area contributed by atoms with Crippen molar-refractivity contribution >= 4 is 17.3 Å². The van der Waals surface area contributed by atoms with Crippen molar-refractivity contribution in [2.24, 2.45) is 0 Å². The number of nitrogens with zero attached hydrogens (tertiary/aromatic N) is 1. The molecule has 1 atom stereocenters. The highest BCUT2D eigenvalue weighted by atomic mass is 32.1. The standard InChI is InChI=1S/C13H21N3OS/c1-13(2,3)16-12(18)15-11(9-17)7-10-5-4-6-14-8-10/h4-6,8,11,17H,7,9H2,1-3H3,(H2,15,16,18). The van der Waals surface area contributed by atoms with Crippen molar-refractivity contribution in [2.75, 3.05) is 6.61 Å². The first-order chi connectivity index (χ1) is 8.40. The van der Waals surface area contributed by atoms with Crippen LogP contribution in [-0.4, -0.2) is 33.4 Å². The molecule has 0 aromatic carbocycles. The number of hydrogen-bond acceptors (Lipinski definition) is 3. The van der Waals surface area contributed by atoms with Crippen LogP contribution >= 0.6 is 12.2 Å². The van der Waals surface area contributed by atoms with Crippen molar-refractivity contribution in [1.29, 1.82) is 0 Å². The fourth-order valence-electron chi connectivity index (χ4n) is 1.53. The molecule has 1 unspecified atom stereocenters. The van der Waals surface area contributed by atoms with E-state index in [-0.39, 0.29) is 18.2 Å². The van der Waals surface area contributed by atoms with Gasteiger partial charge in [0.15, 0.2) is 5.11 Å². The van der Waals surface area contributed by atoms with Gasteiger partial charge in [0.25, 0.3) is 0 Å². The number of aliphatic hydroxyl groups is 1. The fraction of sp³-hybridized carbons (Fsp3) is 0.538. The maximum absolute atomic E-state index is 9.36. The molecule has 0 aliphatic heterocycles. The Morgan fingerprint density at radius 2 is 2.22 bits per heavy atom. The molecule has 1 aromatic heterocycles. The molecule has 1 rings (SSSR count). The molecule has 0 spiro atoms. The van der Waals surface area contributed by atoms with Crippen LogP contribution in [0.15, 0.2) is 24.5 Å². The molecule has 0 bridgehead atoms. The van der Waals surface area contributed by atoms with Gasteiger partial charge in [-0.05, 0) is 51.0 Å². The molecular weight excluding hydrogens is 246 g/mol. The number of hydrogen-bond donors (Lipinski definition) is 3. The zero-order chi connectivity index (χ0) is 13.6. The Morgan fingerprint density at radius 1 is 1.50 bits per heavy atom. The van der Waals surface area contributed by atoms with Crippen LogP contribution in [0.4, 0.5) is 0 Å². The SMILES string of the molecule is CC(C)(C)NC(=S)NC(CO)Cc1cccnc1. The lowest BCUT2D eigenvalue weighted by Crippen LogP contribution is -2.50. The minimum absolute atomic E-state index is 0.0286. The molecule has 0 saturated heterocycles. The van der Waals surface area contributed by atoms with Crippen LogP contribution in [0.2, 0.25) is 0 Å². The molecule has 18 heavy (non-hydrogen) atoms. The predicted octanol–water partition coefficient (Wildman–Crippen LogP) is 1.25. The molecule has 0 radical (unpaired) electrons. The van der Waals surface area contributed by atoms with E-state index in [0.29, 0.717) is 11.5 Å². The molecule has 1 aromatic rings. The highest BCUT2D eigenvalue weighted by Crippen LogP contribution is 2.02. The van der Waals surface area contributed by atoms with Crippen molar-refractivity contribution in [1.82, 2.24) is 15.6 Å². The number of pyridine rings is 1. The summed E-state index contributed by atoms with van der Waals surface area (Å²) in [5, 5.41) is 16.2. The van der Waals surface area contributed by atoms with Gasteiger partial charge in [0.05, 0.1) is 12.6 Å². The molecular formula is C13H21N3OS. The van der Waals surface area contributed by atoms with Crippen LogP contribution < -0.4 is 10.6 Å². The van der Waals surface area contributed by atoms with E-state index >= 15 is 0 Å². The molecule has 0 aliphatic rings. The lowest BCUT2D eigenvalue weighted by Gasteiger charge is -2.26. The predicted molar refractivity (Wildman–Crippen MR) is 77.4 cm³/mol. The third kappa shape index (κ3) is 5.93. The Morgan fingerprint density at radius 3 is 2.72 bits per heavy atom. The quantitative estimate of drug-likeness (QED) is 0.717. The van der Waals surface area contributed by atoms with Crippen molar-refractivity contribution in [3.8, 4) is 0 Å². The first-order valence-electron chi connectivity index (χ1n) is 5.99. The van der Waals surface area contributed by atoms with Gasteiger partial charge in [-0.3, -0.25) is 4.98 Å². The van der Waals surface area contributed by atoms with E-state index in [0.717, 1.165) is 5.56 Å². The van der Waals surface area contributed by atoms with Gasteiger partial charge in [-0.1, -0.05) is 6.07 Å². The van der Waals surface area contributed by atoms with Crippen LogP contribution in [0.1, 0.15) is 26.3 Å². The largest absolute Gasteiger partial charge is 0.394 e. The summed E-state index contributed by atoms with van der Waals surface area (Å²) in [6.45, 7) is 6.14. The smallest absolute Gasteiger partial charge is 0.167 e. The van der Waals surface area contributed by atoms with Crippen molar-refractivity contribution in [3.05, 3.63) is 30.1 Å². The van der Waals surface area contributed by atoms with Crippen LogP contribution in [0.25, 0.3) is 0 Å². The van der Waals surface area contributed by atoms with E-state index in [9.17, 15) is 5.11 Å². The zero-order valence-corrected chi connectivity index (χ0v) is 11.9. The number of thiocarbonyl (C=S) groups is 1. The summed E-state index contributed by atoms with van der Waals surface area (Å²) in [4.78, 5) is 4.05. The second-order valence-corrected chi connectivity index (χ2v) is 5.70. The molecule has 0 aliphatic carbocycles. The zero-order valence-electron chi connectivity index (χ0n) is 11.1. The number of aliphatic hydroxyl groups excluding tert-OH is 1. The maximum atomic E-state index is 9.36. The topological polar surface area (TPSA) is 57.2 Å². The average molecular weight is 267 g/mol. The molecule has 100 valence electrons. The van der Waals surface area contributed by atoms with E-state index in [1.165, 1.54) is 0 Å². The Balaban J connectivity index is 2.50. The summed E-state index contributed by atoms with van der Waals surface area (Å²) in [7, 11) is 0. The summed E-state index contributed by atoms with van der Waals surface area (Å²) in [5.41, 5.74) is 0.987. The first kappa shape index (κ1) is 14.9. The summed E-state index contributed by atoms with van der Waals surface area (Å²) in [6.07, 6.45) is 4.22. The maximum Gasteiger partial charge on any atom is 0.167 e. The van der Waals surface area contributed by atoms with E-state index in [1.54, 1.807) is 12.4 Å². The Bertz CT molecular complexity index is 376. The van der Waals surface area contributed by atoms with Crippen molar-refractivity contribution < 1.29 is 5.11 Å². The summed E-state index contributed by atoms with van der Waals surface area (Å²) in [5.74, 6) is 0. The number of rotatable bonds is 4. The Labute approximate surface area is 114 Å². The number of nitrogens with one attached hydrogen (secondary N) is 2.